The third kappa shape index (κ3) is 12.9. The number of amides is 3. The van der Waals surface area contributed by atoms with Gasteiger partial charge in [0.05, 0.1) is 13.1 Å². The number of nitrogens with zero attached hydrogens (tertiary/aromatic N) is 1. The van der Waals surface area contributed by atoms with Crippen molar-refractivity contribution in [2.24, 2.45) is 11.5 Å². The summed E-state index contributed by atoms with van der Waals surface area (Å²) in [6, 6.07) is 0. The summed E-state index contributed by atoms with van der Waals surface area (Å²) in [7, 11) is 0. The zero-order chi connectivity index (χ0) is 15.9. The van der Waals surface area contributed by atoms with Gasteiger partial charge < -0.3 is 26.4 Å². The molecule has 0 heterocycles. The summed E-state index contributed by atoms with van der Waals surface area (Å²) < 4.78 is 4.47. The topological polar surface area (TPSA) is 128 Å². The fraction of sp³-hybridized carbons (Fsp3) is 0.769. The third-order valence-electron chi connectivity index (χ3n) is 2.81. The van der Waals surface area contributed by atoms with Crippen molar-refractivity contribution in [3.63, 3.8) is 0 Å². The maximum absolute atomic E-state index is 11.5. The lowest BCUT2D eigenvalue weighted by molar-refractivity contribution is -0.128. The summed E-state index contributed by atoms with van der Waals surface area (Å²) in [4.78, 5) is 34.1. The highest BCUT2D eigenvalue weighted by molar-refractivity contribution is 5.79. The normalized spacial score (nSPS) is 9.95. The van der Waals surface area contributed by atoms with Crippen molar-refractivity contribution in [1.29, 1.82) is 0 Å². The molecule has 0 saturated carbocycles. The molecule has 0 aromatic rings. The Hall–Kier alpha value is -1.83. The van der Waals surface area contributed by atoms with Crippen LogP contribution in [-0.4, -0.2) is 56.1 Å². The summed E-state index contributed by atoms with van der Waals surface area (Å²) >= 11 is 0. The number of nitrogens with two attached hydrogens (primary N) is 2. The van der Waals surface area contributed by atoms with E-state index in [1.807, 2.05) is 0 Å². The molecule has 0 bridgehead atoms. The van der Waals surface area contributed by atoms with E-state index in [0.29, 0.717) is 19.5 Å². The zero-order valence-electron chi connectivity index (χ0n) is 12.4. The largest absolute Gasteiger partial charge is 0.448 e. The number of hydrogen-bond donors (Lipinski definition) is 3. The van der Waals surface area contributed by atoms with Gasteiger partial charge in [-0.3, -0.25) is 9.59 Å². The van der Waals surface area contributed by atoms with E-state index in [-0.39, 0.29) is 25.6 Å². The third-order valence-corrected chi connectivity index (χ3v) is 2.81. The lowest BCUT2D eigenvalue weighted by Crippen LogP contribution is -2.38. The second-order valence-corrected chi connectivity index (χ2v) is 4.65. The SMILES string of the molecule is NCCCCCCCN(C=O)CC(=O)NCCOC(N)=O. The first-order valence-electron chi connectivity index (χ1n) is 7.18. The highest BCUT2D eigenvalue weighted by Crippen LogP contribution is 2.03. The first-order valence-corrected chi connectivity index (χ1v) is 7.18. The Morgan fingerprint density at radius 3 is 2.43 bits per heavy atom. The molecule has 122 valence electrons. The van der Waals surface area contributed by atoms with E-state index in [9.17, 15) is 14.4 Å². The van der Waals surface area contributed by atoms with Gasteiger partial charge >= 0.3 is 6.09 Å². The first-order chi connectivity index (χ1) is 10.1. The number of carbonyl (C=O) groups is 3. The Bertz CT molecular complexity index is 313. The number of primary amides is 1. The maximum atomic E-state index is 11.5. The van der Waals surface area contributed by atoms with Crippen molar-refractivity contribution in [2.75, 3.05) is 32.8 Å². The monoisotopic (exact) mass is 302 g/mol. The lowest BCUT2D eigenvalue weighted by Gasteiger charge is -2.16. The van der Waals surface area contributed by atoms with Crippen molar-refractivity contribution in [2.45, 2.75) is 32.1 Å². The Morgan fingerprint density at radius 1 is 1.14 bits per heavy atom. The minimum absolute atomic E-state index is 0.00285. The minimum Gasteiger partial charge on any atom is -0.448 e. The Balaban J connectivity index is 3.64. The van der Waals surface area contributed by atoms with Crippen molar-refractivity contribution in [3.05, 3.63) is 0 Å². The highest BCUT2D eigenvalue weighted by Gasteiger charge is 2.08. The number of rotatable bonds is 13. The Morgan fingerprint density at radius 2 is 1.81 bits per heavy atom. The molecule has 0 aromatic heterocycles. The molecule has 0 unspecified atom stereocenters. The van der Waals surface area contributed by atoms with Gasteiger partial charge in [0.15, 0.2) is 0 Å². The van der Waals surface area contributed by atoms with Crippen LogP contribution in [0.2, 0.25) is 0 Å². The van der Waals surface area contributed by atoms with Crippen LogP contribution >= 0.6 is 0 Å². The molecule has 3 amide bonds. The average Bonchev–Trinajstić information content (AvgIpc) is 2.45. The van der Waals surface area contributed by atoms with E-state index < -0.39 is 6.09 Å². The van der Waals surface area contributed by atoms with Gasteiger partial charge in [0, 0.05) is 6.54 Å². The molecule has 8 heteroatoms. The van der Waals surface area contributed by atoms with Gasteiger partial charge in [0.25, 0.3) is 0 Å². The van der Waals surface area contributed by atoms with Crippen LogP contribution < -0.4 is 16.8 Å². The molecule has 5 N–H and O–H groups in total. The lowest BCUT2D eigenvalue weighted by atomic mass is 10.1. The molecule has 0 spiro atoms. The smallest absolute Gasteiger partial charge is 0.404 e. The van der Waals surface area contributed by atoms with Gasteiger partial charge in [-0.05, 0) is 19.4 Å². The maximum Gasteiger partial charge on any atom is 0.404 e. The number of hydrogen-bond acceptors (Lipinski definition) is 5. The van der Waals surface area contributed by atoms with Gasteiger partial charge in [0.2, 0.25) is 12.3 Å². The summed E-state index contributed by atoms with van der Waals surface area (Å²) in [5.41, 5.74) is 10.2. The van der Waals surface area contributed by atoms with Crippen LogP contribution in [0.5, 0.6) is 0 Å². The molecule has 0 radical (unpaired) electrons. The first kappa shape index (κ1) is 19.2. The van der Waals surface area contributed by atoms with Crippen LogP contribution in [0.4, 0.5) is 4.79 Å². The van der Waals surface area contributed by atoms with E-state index in [1.165, 1.54) is 4.90 Å². The van der Waals surface area contributed by atoms with Crippen LogP contribution in [-0.2, 0) is 14.3 Å². The number of nitrogens with one attached hydrogen (secondary N) is 1. The predicted molar refractivity (Wildman–Crippen MR) is 78.3 cm³/mol. The number of carbonyl (C=O) groups excluding carboxylic acids is 3. The van der Waals surface area contributed by atoms with E-state index in [2.05, 4.69) is 10.1 Å². The summed E-state index contributed by atoms with van der Waals surface area (Å²) in [6.07, 6.45) is 4.86. The van der Waals surface area contributed by atoms with Gasteiger partial charge in [0.1, 0.15) is 6.61 Å². The Kier molecular flexibility index (Phi) is 12.0. The number of unbranched alkanes of at least 4 members (excludes halogenated alkanes) is 4. The van der Waals surface area contributed by atoms with Crippen LogP contribution in [0, 0.1) is 0 Å². The molecule has 0 fully saturated rings. The average molecular weight is 302 g/mol. The van der Waals surface area contributed by atoms with Crippen LogP contribution in [0.3, 0.4) is 0 Å². The summed E-state index contributed by atoms with van der Waals surface area (Å²) in [6.45, 7) is 1.46. The number of ether oxygens (including phenoxy) is 1. The minimum atomic E-state index is -0.881. The van der Waals surface area contributed by atoms with E-state index in [1.54, 1.807) is 0 Å². The van der Waals surface area contributed by atoms with Gasteiger partial charge in [-0.1, -0.05) is 19.3 Å². The molecule has 0 saturated heterocycles. The van der Waals surface area contributed by atoms with E-state index in [4.69, 9.17) is 11.5 Å². The van der Waals surface area contributed by atoms with Gasteiger partial charge in [-0.25, -0.2) is 4.79 Å². The second kappa shape index (κ2) is 13.2. The Labute approximate surface area is 125 Å². The molecule has 0 rings (SSSR count). The predicted octanol–water partition coefficient (Wildman–Crippen LogP) is -0.434. The molecule has 0 aliphatic rings. The van der Waals surface area contributed by atoms with Crippen molar-refractivity contribution in [3.8, 4) is 0 Å². The summed E-state index contributed by atoms with van der Waals surface area (Å²) in [5.74, 6) is -0.293. The van der Waals surface area contributed by atoms with Gasteiger partial charge in [-0.2, -0.15) is 0 Å². The van der Waals surface area contributed by atoms with E-state index >= 15 is 0 Å². The summed E-state index contributed by atoms with van der Waals surface area (Å²) in [5, 5.41) is 2.53. The molecule has 0 aromatic carbocycles. The molecular weight excluding hydrogens is 276 g/mol. The highest BCUT2D eigenvalue weighted by atomic mass is 16.5. The molecular formula is C13H26N4O4. The quantitative estimate of drug-likeness (QED) is 0.314. The zero-order valence-corrected chi connectivity index (χ0v) is 12.4. The standard InChI is InChI=1S/C13H26N4O4/c14-6-4-2-1-3-5-8-17(11-18)10-12(19)16-7-9-21-13(15)20/h11H,1-10,14H2,(H2,15,20)(H,16,19). The van der Waals surface area contributed by atoms with Crippen LogP contribution in [0.1, 0.15) is 32.1 Å². The van der Waals surface area contributed by atoms with E-state index in [0.717, 1.165) is 32.1 Å². The van der Waals surface area contributed by atoms with Crippen molar-refractivity contribution < 1.29 is 19.1 Å². The molecule has 0 aliphatic carbocycles. The molecule has 0 aliphatic heterocycles. The second-order valence-electron chi connectivity index (χ2n) is 4.65. The van der Waals surface area contributed by atoms with Crippen molar-refractivity contribution in [1.82, 2.24) is 10.2 Å². The fourth-order valence-electron chi connectivity index (χ4n) is 1.74. The van der Waals surface area contributed by atoms with Crippen molar-refractivity contribution >= 4 is 18.4 Å². The fourth-order valence-corrected chi connectivity index (χ4v) is 1.74. The molecule has 0 atom stereocenters. The van der Waals surface area contributed by atoms with Crippen LogP contribution in [0.15, 0.2) is 0 Å². The molecule has 21 heavy (non-hydrogen) atoms. The van der Waals surface area contributed by atoms with Gasteiger partial charge in [-0.15, -0.1) is 0 Å². The van der Waals surface area contributed by atoms with Crippen LogP contribution in [0.25, 0.3) is 0 Å². The molecule has 8 nitrogen and oxygen atoms in total.